The van der Waals surface area contributed by atoms with Crippen molar-refractivity contribution < 1.29 is 22.7 Å². The molecule has 0 aliphatic carbocycles. The number of carbonyl (C=O) groups excluding carboxylic acids is 1. The summed E-state index contributed by atoms with van der Waals surface area (Å²) in [5.74, 6) is -0.159. The van der Waals surface area contributed by atoms with Crippen LogP contribution in [0.3, 0.4) is 0 Å². The number of methoxy groups -OCH3 is 1. The summed E-state index contributed by atoms with van der Waals surface area (Å²) in [6.45, 7) is 1.41. The Morgan fingerprint density at radius 1 is 1.25 bits per heavy atom. The smallest absolute Gasteiger partial charge is 0.435 e. The Hall–Kier alpha value is -2.31. The molecule has 0 saturated carbocycles. The molecule has 0 radical (unpaired) electrons. The predicted molar refractivity (Wildman–Crippen MR) is 65.1 cm³/mol. The number of rotatable bonds is 3. The van der Waals surface area contributed by atoms with Crippen molar-refractivity contribution in [2.45, 2.75) is 13.1 Å². The van der Waals surface area contributed by atoms with E-state index in [1.165, 1.54) is 38.3 Å². The Kier molecular flexibility index (Phi) is 3.52. The van der Waals surface area contributed by atoms with Crippen molar-refractivity contribution in [2.24, 2.45) is 0 Å². The van der Waals surface area contributed by atoms with Crippen LogP contribution in [0.4, 0.5) is 13.2 Å². The summed E-state index contributed by atoms with van der Waals surface area (Å²) in [6, 6.07) is 6.87. The normalized spacial score (nSPS) is 11.4. The maximum Gasteiger partial charge on any atom is 0.435 e. The Morgan fingerprint density at radius 3 is 2.30 bits per heavy atom. The molecule has 4 nitrogen and oxygen atoms in total. The van der Waals surface area contributed by atoms with E-state index in [1.807, 2.05) is 0 Å². The lowest BCUT2D eigenvalue weighted by atomic mass is 10.1. The molecular formula is C13H11F3N2O2. The molecule has 2 aromatic rings. The SMILES string of the molecule is COc1cc(C(F)(F)F)nn1-c1ccc(C(C)=O)cc1. The first-order valence-electron chi connectivity index (χ1n) is 5.65. The molecule has 106 valence electrons. The zero-order valence-electron chi connectivity index (χ0n) is 10.7. The number of Topliss-reactive ketones (excluding diaryl/α,β-unsaturated/α-hetero) is 1. The van der Waals surface area contributed by atoms with Crippen LogP contribution in [0.2, 0.25) is 0 Å². The molecule has 1 aromatic carbocycles. The van der Waals surface area contributed by atoms with Crippen LogP contribution in [0.15, 0.2) is 30.3 Å². The van der Waals surface area contributed by atoms with Gasteiger partial charge in [0.25, 0.3) is 0 Å². The second-order valence-corrected chi connectivity index (χ2v) is 4.08. The molecule has 0 aliphatic heterocycles. The molecule has 0 N–H and O–H groups in total. The molecule has 0 fully saturated rings. The van der Waals surface area contributed by atoms with E-state index in [0.29, 0.717) is 11.3 Å². The van der Waals surface area contributed by atoms with E-state index in [4.69, 9.17) is 4.74 Å². The lowest BCUT2D eigenvalue weighted by molar-refractivity contribution is -0.141. The van der Waals surface area contributed by atoms with Gasteiger partial charge >= 0.3 is 6.18 Å². The van der Waals surface area contributed by atoms with Crippen LogP contribution in [-0.4, -0.2) is 22.7 Å². The van der Waals surface area contributed by atoms with Gasteiger partial charge in [0.1, 0.15) is 0 Å². The van der Waals surface area contributed by atoms with Crippen LogP contribution in [0.1, 0.15) is 23.0 Å². The number of alkyl halides is 3. The van der Waals surface area contributed by atoms with Crippen molar-refractivity contribution in [3.8, 4) is 11.6 Å². The molecule has 0 amide bonds. The van der Waals surface area contributed by atoms with Crippen molar-refractivity contribution in [3.63, 3.8) is 0 Å². The zero-order valence-corrected chi connectivity index (χ0v) is 10.7. The number of carbonyl (C=O) groups is 1. The molecule has 0 spiro atoms. The molecule has 7 heteroatoms. The van der Waals surface area contributed by atoms with Crippen LogP contribution >= 0.6 is 0 Å². The fourth-order valence-electron chi connectivity index (χ4n) is 1.67. The van der Waals surface area contributed by atoms with Crippen molar-refractivity contribution >= 4 is 5.78 Å². The zero-order chi connectivity index (χ0) is 14.9. The minimum absolute atomic E-state index is 0.0344. The fourth-order valence-corrected chi connectivity index (χ4v) is 1.67. The molecule has 1 aromatic heterocycles. The first-order chi connectivity index (χ1) is 9.32. The number of nitrogens with zero attached hydrogens (tertiary/aromatic N) is 2. The monoisotopic (exact) mass is 284 g/mol. The molecule has 20 heavy (non-hydrogen) atoms. The summed E-state index contributed by atoms with van der Waals surface area (Å²) < 4.78 is 43.8. The number of ether oxygens (including phenoxy) is 1. The molecule has 0 atom stereocenters. The number of hydrogen-bond acceptors (Lipinski definition) is 3. The minimum Gasteiger partial charge on any atom is -0.481 e. The Balaban J connectivity index is 2.46. The lowest BCUT2D eigenvalue weighted by Gasteiger charge is -2.06. The molecule has 2 rings (SSSR count). The number of halogens is 3. The van der Waals surface area contributed by atoms with E-state index >= 15 is 0 Å². The van der Waals surface area contributed by atoms with Gasteiger partial charge in [-0.3, -0.25) is 4.79 Å². The highest BCUT2D eigenvalue weighted by Crippen LogP contribution is 2.31. The van der Waals surface area contributed by atoms with Gasteiger partial charge in [0.05, 0.1) is 12.8 Å². The highest BCUT2D eigenvalue weighted by Gasteiger charge is 2.35. The number of aromatic nitrogens is 2. The molecule has 0 saturated heterocycles. The third kappa shape index (κ3) is 2.66. The third-order valence-corrected chi connectivity index (χ3v) is 2.69. The van der Waals surface area contributed by atoms with Gasteiger partial charge in [-0.05, 0) is 31.2 Å². The third-order valence-electron chi connectivity index (χ3n) is 2.69. The van der Waals surface area contributed by atoms with Crippen LogP contribution in [0.25, 0.3) is 5.69 Å². The Bertz CT molecular complexity index is 630. The van der Waals surface area contributed by atoms with Crippen molar-refractivity contribution in [1.29, 1.82) is 0 Å². The van der Waals surface area contributed by atoms with Crippen LogP contribution in [0.5, 0.6) is 5.88 Å². The predicted octanol–water partition coefficient (Wildman–Crippen LogP) is 3.10. The number of ketones is 1. The van der Waals surface area contributed by atoms with E-state index < -0.39 is 11.9 Å². The van der Waals surface area contributed by atoms with Crippen molar-refractivity contribution in [2.75, 3.05) is 7.11 Å². The average molecular weight is 284 g/mol. The van der Waals surface area contributed by atoms with E-state index in [9.17, 15) is 18.0 Å². The van der Waals surface area contributed by atoms with Gasteiger partial charge in [-0.25, -0.2) is 4.68 Å². The summed E-state index contributed by atoms with van der Waals surface area (Å²) in [7, 11) is 1.26. The van der Waals surface area contributed by atoms with Gasteiger partial charge in [0.2, 0.25) is 5.88 Å². The van der Waals surface area contributed by atoms with E-state index in [2.05, 4.69) is 5.10 Å². The molecule has 0 bridgehead atoms. The summed E-state index contributed by atoms with van der Waals surface area (Å²) in [5.41, 5.74) is -0.191. The minimum atomic E-state index is -4.54. The fraction of sp³-hybridized carbons (Fsp3) is 0.231. The van der Waals surface area contributed by atoms with Crippen LogP contribution in [-0.2, 0) is 6.18 Å². The largest absolute Gasteiger partial charge is 0.481 e. The van der Waals surface area contributed by atoms with E-state index in [0.717, 1.165) is 10.7 Å². The Morgan fingerprint density at radius 2 is 1.85 bits per heavy atom. The second kappa shape index (κ2) is 4.99. The molecule has 0 aliphatic rings. The maximum absolute atomic E-state index is 12.6. The number of benzene rings is 1. The van der Waals surface area contributed by atoms with Crippen LogP contribution < -0.4 is 4.74 Å². The maximum atomic E-state index is 12.6. The second-order valence-electron chi connectivity index (χ2n) is 4.08. The van der Waals surface area contributed by atoms with Gasteiger partial charge in [0, 0.05) is 11.6 Å². The van der Waals surface area contributed by atoms with Crippen LogP contribution in [0, 0.1) is 0 Å². The highest BCUT2D eigenvalue weighted by atomic mass is 19.4. The topological polar surface area (TPSA) is 44.1 Å². The quantitative estimate of drug-likeness (QED) is 0.813. The highest BCUT2D eigenvalue weighted by molar-refractivity contribution is 5.94. The van der Waals surface area contributed by atoms with E-state index in [1.54, 1.807) is 0 Å². The summed E-state index contributed by atoms with van der Waals surface area (Å²) in [5, 5.41) is 3.48. The molecule has 1 heterocycles. The lowest BCUT2D eigenvalue weighted by Crippen LogP contribution is -2.07. The summed E-state index contributed by atoms with van der Waals surface area (Å²) in [6.07, 6.45) is -4.54. The van der Waals surface area contributed by atoms with Gasteiger partial charge in [-0.1, -0.05) is 0 Å². The first kappa shape index (κ1) is 14.1. The van der Waals surface area contributed by atoms with Gasteiger partial charge in [-0.15, -0.1) is 0 Å². The Labute approximate surface area is 112 Å². The van der Waals surface area contributed by atoms with Gasteiger partial charge < -0.3 is 4.74 Å². The van der Waals surface area contributed by atoms with Gasteiger partial charge in [-0.2, -0.15) is 18.3 Å². The van der Waals surface area contributed by atoms with Gasteiger partial charge in [0.15, 0.2) is 11.5 Å². The summed E-state index contributed by atoms with van der Waals surface area (Å²) >= 11 is 0. The summed E-state index contributed by atoms with van der Waals surface area (Å²) in [4.78, 5) is 11.2. The standard InChI is InChI=1S/C13H11F3N2O2/c1-8(19)9-3-5-10(6-4-9)18-12(20-2)7-11(17-18)13(14,15)16/h3-7H,1-2H3. The van der Waals surface area contributed by atoms with Crippen molar-refractivity contribution in [3.05, 3.63) is 41.6 Å². The first-order valence-corrected chi connectivity index (χ1v) is 5.65. The van der Waals surface area contributed by atoms with Crippen molar-refractivity contribution in [1.82, 2.24) is 9.78 Å². The number of hydrogen-bond donors (Lipinski definition) is 0. The molecule has 0 unspecified atom stereocenters. The van der Waals surface area contributed by atoms with E-state index in [-0.39, 0.29) is 11.7 Å². The molecular weight excluding hydrogens is 273 g/mol. The average Bonchev–Trinajstić information content (AvgIpc) is 2.82.